The van der Waals surface area contributed by atoms with Gasteiger partial charge in [-0.1, -0.05) is 55.0 Å². The summed E-state index contributed by atoms with van der Waals surface area (Å²) in [6.45, 7) is 9.34. The van der Waals surface area contributed by atoms with Crippen molar-refractivity contribution in [1.29, 1.82) is 0 Å². The zero-order valence-electron chi connectivity index (χ0n) is 13.1. The average Bonchev–Trinajstić information content (AvgIpc) is 2.87. The summed E-state index contributed by atoms with van der Waals surface area (Å²) in [6.07, 6.45) is 2.32. The van der Waals surface area contributed by atoms with E-state index in [2.05, 4.69) is 87.0 Å². The molecule has 1 aliphatic rings. The third-order valence-electron chi connectivity index (χ3n) is 5.18. The molecule has 1 nitrogen and oxygen atoms in total. The molecule has 0 bridgehead atoms. The first-order chi connectivity index (χ1) is 9.94. The zero-order valence-corrected chi connectivity index (χ0v) is 13.1. The predicted octanol–water partition coefficient (Wildman–Crippen LogP) is 4.27. The van der Waals surface area contributed by atoms with Crippen molar-refractivity contribution in [2.75, 3.05) is 0 Å². The number of nitrogens with zero attached hydrogens (tertiary/aromatic N) is 1. The second-order valence-corrected chi connectivity index (χ2v) is 7.16. The highest BCUT2D eigenvalue weighted by molar-refractivity contribution is 5.85. The summed E-state index contributed by atoms with van der Waals surface area (Å²) in [5.41, 5.74) is 4.33. The van der Waals surface area contributed by atoms with E-state index >= 15 is 0 Å². The van der Waals surface area contributed by atoms with Crippen LogP contribution in [0.2, 0.25) is 0 Å². The lowest BCUT2D eigenvalue weighted by molar-refractivity contribution is -0.754. The van der Waals surface area contributed by atoms with E-state index in [1.807, 2.05) is 0 Å². The van der Waals surface area contributed by atoms with E-state index in [0.717, 1.165) is 0 Å². The van der Waals surface area contributed by atoms with Gasteiger partial charge in [0.25, 0.3) is 0 Å². The molecule has 0 amide bonds. The summed E-state index contributed by atoms with van der Waals surface area (Å²) in [4.78, 5) is 0. The molecule has 0 atom stereocenters. The van der Waals surface area contributed by atoms with E-state index in [-0.39, 0.29) is 11.0 Å². The van der Waals surface area contributed by atoms with Gasteiger partial charge >= 0.3 is 0 Å². The Labute approximate surface area is 126 Å². The van der Waals surface area contributed by atoms with Gasteiger partial charge in [0.1, 0.15) is 0 Å². The van der Waals surface area contributed by atoms with Gasteiger partial charge in [-0.3, -0.25) is 4.57 Å². The van der Waals surface area contributed by atoms with Gasteiger partial charge in [0, 0.05) is 24.8 Å². The maximum atomic E-state index is 2.49. The first-order valence-electron chi connectivity index (χ1n) is 7.65. The molecule has 0 saturated heterocycles. The number of aromatic nitrogens is 1. The van der Waals surface area contributed by atoms with Gasteiger partial charge < -0.3 is 0 Å². The lowest BCUT2D eigenvalue weighted by Gasteiger charge is -2.40. The van der Waals surface area contributed by atoms with Gasteiger partial charge in [0.05, 0.1) is 11.9 Å². The smallest absolute Gasteiger partial charge is 0.170 e. The van der Waals surface area contributed by atoms with Crippen LogP contribution in [0.5, 0.6) is 0 Å². The van der Waals surface area contributed by atoms with E-state index in [9.17, 15) is 0 Å². The molecule has 1 aromatic heterocycles. The molecular weight excluding hydrogens is 254 g/mol. The number of benzene rings is 2. The third-order valence-corrected chi connectivity index (χ3v) is 5.18. The molecule has 4 rings (SSSR count). The van der Waals surface area contributed by atoms with Crippen LogP contribution in [0, 0.1) is 0 Å². The van der Waals surface area contributed by atoms with Crippen LogP contribution in [-0.4, -0.2) is 0 Å². The van der Waals surface area contributed by atoms with Crippen LogP contribution < -0.4 is 4.57 Å². The van der Waals surface area contributed by atoms with Gasteiger partial charge in [-0.05, 0) is 5.56 Å². The fourth-order valence-corrected chi connectivity index (χ4v) is 4.06. The van der Waals surface area contributed by atoms with Crippen LogP contribution >= 0.6 is 0 Å². The molecule has 2 aromatic carbocycles. The summed E-state index contributed by atoms with van der Waals surface area (Å²) in [7, 11) is 0. The highest BCUT2D eigenvalue weighted by Crippen LogP contribution is 2.43. The van der Waals surface area contributed by atoms with Crippen LogP contribution in [0.1, 0.15) is 44.5 Å². The summed E-state index contributed by atoms with van der Waals surface area (Å²) in [5.74, 6) is 0. The maximum Gasteiger partial charge on any atom is 0.170 e. The summed E-state index contributed by atoms with van der Waals surface area (Å²) in [5, 5.41) is 2.71. The Morgan fingerprint density at radius 1 is 0.810 bits per heavy atom. The van der Waals surface area contributed by atoms with E-state index in [0.29, 0.717) is 0 Å². The first kappa shape index (κ1) is 12.7. The summed E-state index contributed by atoms with van der Waals surface area (Å²) >= 11 is 0. The van der Waals surface area contributed by atoms with Crippen LogP contribution in [0.3, 0.4) is 0 Å². The molecular formula is C20H21N. The average molecular weight is 275 g/mol. The monoisotopic (exact) mass is 275 g/mol. The van der Waals surface area contributed by atoms with E-state index in [1.165, 1.54) is 27.6 Å². The molecule has 106 valence electrons. The second-order valence-electron chi connectivity index (χ2n) is 7.16. The van der Waals surface area contributed by atoms with Crippen molar-refractivity contribution in [2.45, 2.75) is 38.6 Å². The second kappa shape index (κ2) is 3.79. The van der Waals surface area contributed by atoms with E-state index in [1.54, 1.807) is 0 Å². The molecule has 1 aliphatic heterocycles. The molecule has 0 spiro atoms. The predicted molar refractivity (Wildman–Crippen MR) is 86.7 cm³/mol. The largest absolute Gasteiger partial charge is 0.280 e. The van der Waals surface area contributed by atoms with Gasteiger partial charge in [-0.2, -0.15) is 0 Å². The van der Waals surface area contributed by atoms with Crippen LogP contribution in [0.4, 0.5) is 0 Å². The quantitative estimate of drug-likeness (QED) is 0.426. The third kappa shape index (κ3) is 1.47. The van der Waals surface area contributed by atoms with Gasteiger partial charge in [0.15, 0.2) is 5.54 Å². The highest BCUT2D eigenvalue weighted by Gasteiger charge is 2.45. The van der Waals surface area contributed by atoms with E-state index < -0.39 is 0 Å². The molecule has 2 heterocycles. The van der Waals surface area contributed by atoms with Crippen molar-refractivity contribution >= 4 is 10.8 Å². The summed E-state index contributed by atoms with van der Waals surface area (Å²) < 4.78 is 2.49. The van der Waals surface area contributed by atoms with Crippen LogP contribution in [0.15, 0.2) is 54.7 Å². The van der Waals surface area contributed by atoms with Crippen molar-refractivity contribution in [3.63, 3.8) is 0 Å². The Hall–Kier alpha value is -2.02. The van der Waals surface area contributed by atoms with Crippen molar-refractivity contribution in [3.8, 4) is 0 Å². The van der Waals surface area contributed by atoms with Gasteiger partial charge in [0.2, 0.25) is 0 Å². The fourth-order valence-electron chi connectivity index (χ4n) is 4.06. The topological polar surface area (TPSA) is 3.88 Å². The minimum atomic E-state index is -0.0134. The Morgan fingerprint density at radius 2 is 1.43 bits per heavy atom. The van der Waals surface area contributed by atoms with Crippen LogP contribution in [0.25, 0.3) is 10.8 Å². The molecule has 1 heteroatoms. The van der Waals surface area contributed by atoms with Crippen molar-refractivity contribution in [3.05, 3.63) is 71.5 Å². The molecule has 0 radical (unpaired) electrons. The molecule has 0 fully saturated rings. The minimum Gasteiger partial charge on any atom is -0.280 e. The van der Waals surface area contributed by atoms with Crippen molar-refractivity contribution < 1.29 is 4.57 Å². The van der Waals surface area contributed by atoms with Gasteiger partial charge in [-0.25, -0.2) is 0 Å². The van der Waals surface area contributed by atoms with Crippen LogP contribution in [-0.2, 0) is 11.0 Å². The zero-order chi connectivity index (χ0) is 14.8. The molecule has 0 aliphatic carbocycles. The number of hydrogen-bond acceptors (Lipinski definition) is 0. The molecule has 0 unspecified atom stereocenters. The Morgan fingerprint density at radius 3 is 2.19 bits per heavy atom. The summed E-state index contributed by atoms with van der Waals surface area (Å²) in [6, 6.07) is 17.6. The highest BCUT2D eigenvalue weighted by atomic mass is 15.1. The van der Waals surface area contributed by atoms with Gasteiger partial charge in [-0.15, -0.1) is 18.2 Å². The molecule has 0 N–H and O–H groups in total. The standard InChI is InChI=1S/C20H21N/c1-19(2)16-11-7-8-12-17(16)20(3,4)21-13-14-9-5-6-10-15(14)18(19)21/h5-13H,1-4H3. The molecule has 0 saturated carbocycles. The molecule has 3 aromatic rings. The Balaban J connectivity index is 2.19. The number of rotatable bonds is 0. The molecule has 21 heavy (non-hydrogen) atoms. The normalized spacial score (nSPS) is 18.3. The van der Waals surface area contributed by atoms with E-state index in [4.69, 9.17) is 0 Å². The first-order valence-corrected chi connectivity index (χ1v) is 7.65. The Bertz CT molecular complexity index is 849. The number of fused-ring (bicyclic) bond motifs is 4. The van der Waals surface area contributed by atoms with Crippen molar-refractivity contribution in [1.82, 2.24) is 0 Å². The van der Waals surface area contributed by atoms with Crippen molar-refractivity contribution in [2.24, 2.45) is 0 Å². The fraction of sp³-hybridized carbons (Fsp3) is 0.300. The minimum absolute atomic E-state index is 0.0134. The Kier molecular flexibility index (Phi) is 2.29. The lowest BCUT2D eigenvalue weighted by Crippen LogP contribution is -2.60. The lowest BCUT2D eigenvalue weighted by atomic mass is 9.70. The maximum absolute atomic E-state index is 2.49. The SMILES string of the molecule is CC1(C)c2ccccc2C(C)(C)[n+]2[cH-]c3ccccc3c21. The number of hydrogen-bond donors (Lipinski definition) is 0.